The van der Waals surface area contributed by atoms with Crippen molar-refractivity contribution in [2.75, 3.05) is 13.2 Å². The summed E-state index contributed by atoms with van der Waals surface area (Å²) >= 11 is 18.3. The van der Waals surface area contributed by atoms with Crippen LogP contribution in [0.3, 0.4) is 0 Å². The number of halogens is 2. The first-order valence-electron chi connectivity index (χ1n) is 7.28. The molecule has 1 aliphatic rings. The van der Waals surface area contributed by atoms with Gasteiger partial charge in [-0.1, -0.05) is 66.6 Å². The Bertz CT molecular complexity index is 707. The Balaban J connectivity index is 2.08. The highest BCUT2D eigenvalue weighted by Crippen LogP contribution is 2.34. The molecule has 4 nitrogen and oxygen atoms in total. The molecule has 0 unspecified atom stereocenters. The number of hydrogen-bond donors (Lipinski definition) is 0. The van der Waals surface area contributed by atoms with Gasteiger partial charge in [-0.2, -0.15) is 0 Å². The lowest BCUT2D eigenvalue weighted by Gasteiger charge is -2.13. The van der Waals surface area contributed by atoms with Crippen LogP contribution in [0.4, 0.5) is 0 Å². The summed E-state index contributed by atoms with van der Waals surface area (Å²) in [6.07, 6.45) is 3.36. The summed E-state index contributed by atoms with van der Waals surface area (Å²) in [7, 11) is 0. The maximum atomic E-state index is 12.4. The molecule has 1 heterocycles. The Kier molecular flexibility index (Phi) is 7.10. The quantitative estimate of drug-likeness (QED) is 0.302. The lowest BCUT2D eigenvalue weighted by molar-refractivity contribution is -0.146. The topological polar surface area (TPSA) is 46.6 Å². The predicted molar refractivity (Wildman–Crippen MR) is 102 cm³/mol. The fourth-order valence-electron chi connectivity index (χ4n) is 1.90. The van der Waals surface area contributed by atoms with E-state index in [9.17, 15) is 9.59 Å². The van der Waals surface area contributed by atoms with Crippen molar-refractivity contribution < 1.29 is 14.3 Å². The van der Waals surface area contributed by atoms with Gasteiger partial charge in [0.25, 0.3) is 5.91 Å². The molecule has 1 aromatic rings. The molecule has 0 radical (unpaired) electrons. The van der Waals surface area contributed by atoms with Crippen molar-refractivity contribution in [3.05, 3.63) is 38.7 Å². The minimum absolute atomic E-state index is 0.180. The number of thioether (sulfide) groups is 1. The van der Waals surface area contributed by atoms with Gasteiger partial charge in [0, 0.05) is 10.0 Å². The van der Waals surface area contributed by atoms with Crippen LogP contribution in [0.2, 0.25) is 10.0 Å². The number of ether oxygens (including phenoxy) is 1. The summed E-state index contributed by atoms with van der Waals surface area (Å²) in [5.41, 5.74) is 0.659. The molecule has 1 aromatic carbocycles. The predicted octanol–water partition coefficient (Wildman–Crippen LogP) is 4.54. The van der Waals surface area contributed by atoms with Gasteiger partial charge in [0.2, 0.25) is 0 Å². The molecule has 0 bridgehead atoms. The third-order valence-corrected chi connectivity index (χ3v) is 5.11. The van der Waals surface area contributed by atoms with E-state index in [1.165, 1.54) is 4.90 Å². The number of benzene rings is 1. The SMILES string of the molecule is CCCCOC(=O)CN1C(=O)/C(=C/c2ccc(Cl)cc2Cl)SC1=S. The van der Waals surface area contributed by atoms with E-state index in [1.807, 2.05) is 6.92 Å². The Labute approximate surface area is 160 Å². The van der Waals surface area contributed by atoms with E-state index >= 15 is 0 Å². The average Bonchev–Trinajstić information content (AvgIpc) is 2.78. The number of nitrogens with zero attached hydrogens (tertiary/aromatic N) is 1. The third-order valence-electron chi connectivity index (χ3n) is 3.17. The van der Waals surface area contributed by atoms with Crippen LogP contribution in [0.25, 0.3) is 6.08 Å². The van der Waals surface area contributed by atoms with Crippen molar-refractivity contribution in [2.45, 2.75) is 19.8 Å². The largest absolute Gasteiger partial charge is 0.464 e. The molecule has 2 rings (SSSR count). The van der Waals surface area contributed by atoms with Crippen molar-refractivity contribution >= 4 is 69.5 Å². The van der Waals surface area contributed by atoms with E-state index in [1.54, 1.807) is 24.3 Å². The summed E-state index contributed by atoms with van der Waals surface area (Å²) in [5.74, 6) is -0.797. The minimum atomic E-state index is -0.467. The molecular weight excluding hydrogens is 389 g/mol. The first-order valence-corrected chi connectivity index (χ1v) is 9.26. The van der Waals surface area contributed by atoms with Gasteiger partial charge in [-0.25, -0.2) is 0 Å². The van der Waals surface area contributed by atoms with E-state index < -0.39 is 5.97 Å². The molecule has 0 aliphatic carbocycles. The number of amides is 1. The standard InChI is InChI=1S/C16H15Cl2NO3S2/c1-2-3-6-22-14(20)9-19-15(21)13(24-16(19)23)7-10-4-5-11(17)8-12(10)18/h4-5,7-8H,2-3,6,9H2,1H3/b13-7-. The van der Waals surface area contributed by atoms with Crippen LogP contribution in [0.1, 0.15) is 25.3 Å². The molecule has 24 heavy (non-hydrogen) atoms. The van der Waals surface area contributed by atoms with Crippen molar-refractivity contribution in [1.82, 2.24) is 4.90 Å². The number of esters is 1. The number of rotatable bonds is 6. The van der Waals surface area contributed by atoms with Crippen molar-refractivity contribution in [3.8, 4) is 0 Å². The van der Waals surface area contributed by atoms with Crippen LogP contribution in [0.5, 0.6) is 0 Å². The molecule has 1 amide bonds. The maximum absolute atomic E-state index is 12.4. The van der Waals surface area contributed by atoms with Gasteiger partial charge >= 0.3 is 5.97 Å². The molecule has 0 spiro atoms. The Morgan fingerprint density at radius 1 is 1.42 bits per heavy atom. The fourth-order valence-corrected chi connectivity index (χ4v) is 3.61. The van der Waals surface area contributed by atoms with Gasteiger partial charge in [0.05, 0.1) is 11.5 Å². The van der Waals surface area contributed by atoms with E-state index in [-0.39, 0.29) is 12.5 Å². The molecule has 128 valence electrons. The number of carbonyl (C=O) groups excluding carboxylic acids is 2. The second-order valence-electron chi connectivity index (χ2n) is 5.01. The molecular formula is C16H15Cl2NO3S2. The molecule has 0 atom stereocenters. The molecule has 1 aliphatic heterocycles. The van der Waals surface area contributed by atoms with Crippen molar-refractivity contribution in [3.63, 3.8) is 0 Å². The highest BCUT2D eigenvalue weighted by atomic mass is 35.5. The summed E-state index contributed by atoms with van der Waals surface area (Å²) < 4.78 is 5.39. The zero-order valence-electron chi connectivity index (χ0n) is 12.9. The van der Waals surface area contributed by atoms with Crippen LogP contribution in [0.15, 0.2) is 23.1 Å². The molecule has 0 N–H and O–H groups in total. The first kappa shape index (κ1) is 19.2. The molecule has 0 saturated carbocycles. The van der Waals surface area contributed by atoms with Gasteiger partial charge in [0.15, 0.2) is 0 Å². The Morgan fingerprint density at radius 3 is 2.83 bits per heavy atom. The zero-order valence-corrected chi connectivity index (χ0v) is 16.0. The van der Waals surface area contributed by atoms with Gasteiger partial charge in [-0.15, -0.1) is 0 Å². The first-order chi connectivity index (χ1) is 11.4. The fraction of sp³-hybridized carbons (Fsp3) is 0.312. The Morgan fingerprint density at radius 2 is 2.17 bits per heavy atom. The highest BCUT2D eigenvalue weighted by molar-refractivity contribution is 8.26. The minimum Gasteiger partial charge on any atom is -0.464 e. The highest BCUT2D eigenvalue weighted by Gasteiger charge is 2.33. The van der Waals surface area contributed by atoms with Crippen LogP contribution in [-0.2, 0) is 14.3 Å². The molecule has 1 saturated heterocycles. The summed E-state index contributed by atoms with van der Waals surface area (Å²) in [4.78, 5) is 25.9. The molecule has 0 aromatic heterocycles. The maximum Gasteiger partial charge on any atom is 0.326 e. The lowest BCUT2D eigenvalue weighted by Crippen LogP contribution is -2.34. The van der Waals surface area contributed by atoms with E-state index in [0.717, 1.165) is 24.6 Å². The number of thiocarbonyl (C=S) groups is 1. The van der Waals surface area contributed by atoms with E-state index in [0.29, 0.717) is 31.4 Å². The van der Waals surface area contributed by atoms with Gasteiger partial charge < -0.3 is 4.74 Å². The zero-order chi connectivity index (χ0) is 17.7. The summed E-state index contributed by atoms with van der Waals surface area (Å²) in [6, 6.07) is 5.00. The monoisotopic (exact) mass is 403 g/mol. The molecule has 1 fully saturated rings. The van der Waals surface area contributed by atoms with E-state index in [4.69, 9.17) is 40.2 Å². The lowest BCUT2D eigenvalue weighted by atomic mass is 10.2. The van der Waals surface area contributed by atoms with E-state index in [2.05, 4.69) is 0 Å². The average molecular weight is 404 g/mol. The van der Waals surface area contributed by atoms with Crippen LogP contribution in [0, 0.1) is 0 Å². The van der Waals surface area contributed by atoms with Crippen molar-refractivity contribution in [1.29, 1.82) is 0 Å². The smallest absolute Gasteiger partial charge is 0.326 e. The summed E-state index contributed by atoms with van der Waals surface area (Å²) in [6.45, 7) is 2.17. The van der Waals surface area contributed by atoms with Crippen LogP contribution >= 0.6 is 47.2 Å². The van der Waals surface area contributed by atoms with Gasteiger partial charge in [-0.3, -0.25) is 14.5 Å². The second kappa shape index (κ2) is 8.85. The third kappa shape index (κ3) is 4.96. The van der Waals surface area contributed by atoms with Crippen LogP contribution in [-0.4, -0.2) is 34.2 Å². The van der Waals surface area contributed by atoms with Crippen molar-refractivity contribution in [2.24, 2.45) is 0 Å². The Hall–Kier alpha value is -1.08. The van der Waals surface area contributed by atoms with Gasteiger partial charge in [-0.05, 0) is 30.2 Å². The normalized spacial score (nSPS) is 16.1. The van der Waals surface area contributed by atoms with Gasteiger partial charge in [0.1, 0.15) is 10.9 Å². The van der Waals surface area contributed by atoms with Crippen LogP contribution < -0.4 is 0 Å². The molecule has 8 heteroatoms. The number of carbonyl (C=O) groups is 2. The second-order valence-corrected chi connectivity index (χ2v) is 7.53. The summed E-state index contributed by atoms with van der Waals surface area (Å²) in [5, 5.41) is 0.950. The number of unbranched alkanes of at least 4 members (excludes halogenated alkanes) is 1. The number of hydrogen-bond acceptors (Lipinski definition) is 5.